The van der Waals surface area contributed by atoms with Crippen LogP contribution in [0.2, 0.25) is 0 Å². The second kappa shape index (κ2) is 5.07. The quantitative estimate of drug-likeness (QED) is 0.368. The largest absolute Gasteiger partial charge is 0.184 e. The third kappa shape index (κ3) is 3.93. The maximum atomic E-state index is 4.17. The summed E-state index contributed by atoms with van der Waals surface area (Å²) in [6, 6.07) is 0. The number of rotatable bonds is 3. The molecule has 60 valence electrons. The lowest BCUT2D eigenvalue weighted by molar-refractivity contribution is 1.27. The first kappa shape index (κ1) is 10.4. The van der Waals surface area contributed by atoms with Crippen LogP contribution in [0.3, 0.4) is 0 Å². The average Bonchev–Trinajstić information content (AvgIpc) is 1.64. The zero-order valence-electron chi connectivity index (χ0n) is 6.20. The number of thiol groups is 3. The van der Waals surface area contributed by atoms with Crippen LogP contribution in [0.25, 0.3) is 0 Å². The molecule has 0 unspecified atom stereocenters. The summed E-state index contributed by atoms with van der Waals surface area (Å²) in [5.41, 5.74) is 0. The lowest BCUT2D eigenvalue weighted by Crippen LogP contribution is -2.02. The molecule has 0 bridgehead atoms. The van der Waals surface area contributed by atoms with Gasteiger partial charge < -0.3 is 0 Å². The Morgan fingerprint density at radius 3 is 1.44 bits per heavy atom. The summed E-state index contributed by atoms with van der Waals surface area (Å²) >= 11 is 4.26. The van der Waals surface area contributed by atoms with E-state index < -0.39 is 0 Å². The summed E-state index contributed by atoms with van der Waals surface area (Å²) in [6.07, 6.45) is 9.00. The second-order valence-corrected chi connectivity index (χ2v) is 8.09. The van der Waals surface area contributed by atoms with E-state index in [1.165, 1.54) is 0 Å². The van der Waals surface area contributed by atoms with E-state index in [-0.39, 0.29) is 22.2 Å². The van der Waals surface area contributed by atoms with Crippen LogP contribution in [-0.4, -0.2) is 28.1 Å². The van der Waals surface area contributed by atoms with Crippen LogP contribution in [0.5, 0.6) is 0 Å². The third-order valence-electron chi connectivity index (χ3n) is 0.757. The third-order valence-corrected chi connectivity index (χ3v) is 8.13. The Morgan fingerprint density at radius 1 is 1.11 bits per heavy atom. The Bertz CT molecular complexity index is 67.0. The van der Waals surface area contributed by atoms with Crippen molar-refractivity contribution >= 4 is 44.8 Å². The van der Waals surface area contributed by atoms with Crippen molar-refractivity contribution in [2.24, 2.45) is 0 Å². The minimum absolute atomic E-state index is 0.0453. The minimum atomic E-state index is 0.0453. The molecule has 5 heteroatoms. The Morgan fingerprint density at radius 2 is 1.44 bits per heavy atom. The van der Waals surface area contributed by atoms with Crippen LogP contribution in [0.15, 0.2) is 0 Å². The molecule has 0 aliphatic rings. The molecule has 1 nitrogen and oxygen atoms in total. The lowest BCUT2D eigenvalue weighted by atomic mass is 11.9. The van der Waals surface area contributed by atoms with Gasteiger partial charge in [-0.25, -0.2) is 0 Å². The monoisotopic (exact) mass is 205 g/mol. The molecule has 0 atom stereocenters. The highest BCUT2D eigenvalue weighted by molar-refractivity contribution is 8.71. The fourth-order valence-electron chi connectivity index (χ4n) is 0.504. The molecule has 0 saturated carbocycles. The minimum Gasteiger partial charge on any atom is -0.184 e. The van der Waals surface area contributed by atoms with Gasteiger partial charge in [-0.05, 0) is 25.0 Å². The molecule has 0 fully saturated rings. The van der Waals surface area contributed by atoms with Gasteiger partial charge in [0.2, 0.25) is 0 Å². The van der Waals surface area contributed by atoms with Crippen LogP contribution in [0.4, 0.5) is 0 Å². The molecule has 0 spiro atoms. The SMILES string of the molecule is C[SH](C)N(SS)[SH](C)C. The van der Waals surface area contributed by atoms with Crippen molar-refractivity contribution < 1.29 is 0 Å². The molecule has 0 heterocycles. The summed E-state index contributed by atoms with van der Waals surface area (Å²) in [4.78, 5) is 0. The molecule has 0 amide bonds. The van der Waals surface area contributed by atoms with Crippen LogP contribution in [0.1, 0.15) is 0 Å². The summed E-state index contributed by atoms with van der Waals surface area (Å²) in [7, 11) is 1.57. The van der Waals surface area contributed by atoms with Gasteiger partial charge in [-0.2, -0.15) is 25.3 Å². The van der Waals surface area contributed by atoms with Crippen molar-refractivity contribution in [2.45, 2.75) is 0 Å². The highest BCUT2D eigenvalue weighted by Gasteiger charge is 2.05. The predicted octanol–water partition coefficient (Wildman–Crippen LogP) is 2.13. The number of nitrogens with zero attached hydrogens (tertiary/aromatic N) is 1. The molecule has 0 rings (SSSR count). The van der Waals surface area contributed by atoms with Crippen LogP contribution in [0, 0.1) is 0 Å². The van der Waals surface area contributed by atoms with Gasteiger partial charge >= 0.3 is 0 Å². The zero-order chi connectivity index (χ0) is 7.44. The van der Waals surface area contributed by atoms with Crippen molar-refractivity contribution in [1.82, 2.24) is 3.12 Å². The first-order chi connectivity index (χ1) is 4.09. The molecule has 0 aromatic carbocycles. The molecular formula is C4H15NS4. The van der Waals surface area contributed by atoms with Crippen LogP contribution >= 0.6 is 44.8 Å². The number of hydrogen-bond acceptors (Lipinski definition) is 3. The molecule has 0 aliphatic carbocycles. The fourth-order valence-corrected chi connectivity index (χ4v) is 7.16. The second-order valence-electron chi connectivity index (χ2n) is 2.03. The fraction of sp³-hybridized carbons (Fsp3) is 1.00. The molecule has 0 radical (unpaired) electrons. The van der Waals surface area contributed by atoms with Crippen molar-refractivity contribution in [3.63, 3.8) is 0 Å². The Hall–Kier alpha value is 1.36. The van der Waals surface area contributed by atoms with Gasteiger partial charge in [0.1, 0.15) is 0 Å². The molecule has 0 aromatic rings. The van der Waals surface area contributed by atoms with Crippen molar-refractivity contribution in [2.75, 3.05) is 25.0 Å². The molecule has 0 aliphatic heterocycles. The zero-order valence-corrected chi connectivity index (χ0v) is 9.70. The van der Waals surface area contributed by atoms with Gasteiger partial charge in [0, 0.05) is 11.0 Å². The van der Waals surface area contributed by atoms with Crippen LogP contribution in [-0.2, 0) is 0 Å². The smallest absolute Gasteiger partial charge is 0.00668 e. The maximum absolute atomic E-state index is 4.17. The van der Waals surface area contributed by atoms with Gasteiger partial charge in [0.15, 0.2) is 0 Å². The first-order valence-electron chi connectivity index (χ1n) is 2.55. The Labute approximate surface area is 72.9 Å². The highest BCUT2D eigenvalue weighted by atomic mass is 33.1. The molecule has 0 saturated heterocycles. The molecule has 0 N–H and O–H groups in total. The van der Waals surface area contributed by atoms with Gasteiger partial charge in [-0.15, -0.1) is 0 Å². The number of hydrogen-bond donors (Lipinski definition) is 3. The lowest BCUT2D eigenvalue weighted by Gasteiger charge is -2.31. The van der Waals surface area contributed by atoms with Crippen molar-refractivity contribution in [1.29, 1.82) is 0 Å². The molecule has 9 heavy (non-hydrogen) atoms. The van der Waals surface area contributed by atoms with E-state index in [1.807, 2.05) is 0 Å². The summed E-state index contributed by atoms with van der Waals surface area (Å²) < 4.78 is 2.37. The van der Waals surface area contributed by atoms with Gasteiger partial charge in [-0.3, -0.25) is 0 Å². The average molecular weight is 205 g/mol. The maximum Gasteiger partial charge on any atom is 0.00668 e. The van der Waals surface area contributed by atoms with Crippen LogP contribution < -0.4 is 0 Å². The van der Waals surface area contributed by atoms with E-state index in [9.17, 15) is 0 Å². The summed E-state index contributed by atoms with van der Waals surface area (Å²) in [5.74, 6) is 0. The van der Waals surface area contributed by atoms with Gasteiger partial charge in [-0.1, -0.05) is 11.7 Å². The van der Waals surface area contributed by atoms with E-state index in [0.29, 0.717) is 0 Å². The first-order valence-corrected chi connectivity index (χ1v) is 8.76. The Balaban J connectivity index is 3.68. The van der Waals surface area contributed by atoms with E-state index >= 15 is 0 Å². The van der Waals surface area contributed by atoms with E-state index in [4.69, 9.17) is 0 Å². The molecular weight excluding hydrogens is 190 g/mol. The van der Waals surface area contributed by atoms with E-state index in [0.717, 1.165) is 0 Å². The van der Waals surface area contributed by atoms with Gasteiger partial charge in [0.05, 0.1) is 0 Å². The van der Waals surface area contributed by atoms with Crippen molar-refractivity contribution in [3.8, 4) is 0 Å². The standard InChI is InChI=1S/C4H15NS4/c1-8(2)5(7-6)9(3)4/h6,8-9H,1-4H3. The van der Waals surface area contributed by atoms with Gasteiger partial charge in [0.25, 0.3) is 0 Å². The normalized spacial score (nSPS) is 14.0. The van der Waals surface area contributed by atoms with Crippen molar-refractivity contribution in [3.05, 3.63) is 0 Å². The Kier molecular flexibility index (Phi) is 5.84. The highest BCUT2D eigenvalue weighted by Crippen LogP contribution is 2.44. The van der Waals surface area contributed by atoms with E-state index in [2.05, 4.69) is 39.8 Å². The summed E-state index contributed by atoms with van der Waals surface area (Å²) in [5, 5.41) is 0. The summed E-state index contributed by atoms with van der Waals surface area (Å²) in [6.45, 7) is 0. The predicted molar refractivity (Wildman–Crippen MR) is 60.1 cm³/mol. The topological polar surface area (TPSA) is 3.24 Å². The molecule has 0 aromatic heterocycles. The van der Waals surface area contributed by atoms with E-state index in [1.54, 1.807) is 11.0 Å².